The summed E-state index contributed by atoms with van der Waals surface area (Å²) in [6.45, 7) is 0. The van der Waals surface area contributed by atoms with E-state index >= 15 is 0 Å². The van der Waals surface area contributed by atoms with Crippen LogP contribution in [0.4, 0.5) is 5.69 Å². The van der Waals surface area contributed by atoms with Crippen LogP contribution in [0.5, 0.6) is 0 Å². The molecule has 0 aliphatic rings. The maximum absolute atomic E-state index is 11.6. The highest BCUT2D eigenvalue weighted by Gasteiger charge is 2.12. The topological polar surface area (TPSA) is 70.1 Å². The van der Waals surface area contributed by atoms with E-state index in [0.717, 1.165) is 0 Å². The lowest BCUT2D eigenvalue weighted by Gasteiger charge is -2.11. The molecule has 0 bridgehead atoms. The molecular weight excluding hydrogens is 178 g/mol. The zero-order chi connectivity index (χ0) is 10.7. The van der Waals surface area contributed by atoms with Crippen LogP contribution in [0.3, 0.4) is 0 Å². The molecule has 2 N–H and O–H groups in total. The molecule has 0 aliphatic carbocycles. The Balaban J connectivity index is 3.23. The minimum absolute atomic E-state index is 0.193. The molecule has 0 aromatic heterocycles. The monoisotopic (exact) mass is 189 g/mol. The van der Waals surface area contributed by atoms with Crippen LogP contribution in [0.2, 0.25) is 0 Å². The number of nitrogens with zero attached hydrogens (tertiary/aromatic N) is 2. The molecule has 0 radical (unpaired) electrons. The Labute approximate surface area is 82.5 Å². The van der Waals surface area contributed by atoms with Crippen molar-refractivity contribution in [1.82, 2.24) is 4.90 Å². The van der Waals surface area contributed by atoms with Gasteiger partial charge in [0.2, 0.25) is 0 Å². The minimum atomic E-state index is -0.193. The second-order valence-corrected chi connectivity index (χ2v) is 3.12. The van der Waals surface area contributed by atoms with E-state index in [4.69, 9.17) is 11.0 Å². The normalized spacial score (nSPS) is 9.21. The molecule has 0 unspecified atom stereocenters. The summed E-state index contributed by atoms with van der Waals surface area (Å²) in [6, 6.07) is 6.62. The standard InChI is InChI=1S/C10H11N3O/c1-13(2)10(14)9-4-3-8(12)5-7(9)6-11/h3-5H,12H2,1-2H3. The third-order valence-electron chi connectivity index (χ3n) is 1.80. The van der Waals surface area contributed by atoms with Crippen molar-refractivity contribution in [3.63, 3.8) is 0 Å². The second kappa shape index (κ2) is 3.79. The summed E-state index contributed by atoms with van der Waals surface area (Å²) in [5, 5.41) is 8.80. The molecule has 0 atom stereocenters. The van der Waals surface area contributed by atoms with E-state index in [1.54, 1.807) is 26.2 Å². The first-order valence-corrected chi connectivity index (χ1v) is 4.07. The van der Waals surface area contributed by atoms with Crippen molar-refractivity contribution in [2.75, 3.05) is 19.8 Å². The van der Waals surface area contributed by atoms with Crippen LogP contribution in [0, 0.1) is 11.3 Å². The average Bonchev–Trinajstić information content (AvgIpc) is 2.16. The number of nitrogen functional groups attached to an aromatic ring is 1. The number of hydrogen-bond donors (Lipinski definition) is 1. The Hall–Kier alpha value is -2.02. The molecule has 0 heterocycles. The first-order chi connectivity index (χ1) is 6.56. The summed E-state index contributed by atoms with van der Waals surface area (Å²) in [7, 11) is 3.28. The molecule has 1 amide bonds. The van der Waals surface area contributed by atoms with Gasteiger partial charge in [-0.25, -0.2) is 0 Å². The summed E-state index contributed by atoms with van der Waals surface area (Å²) in [5.74, 6) is -0.193. The van der Waals surface area contributed by atoms with Gasteiger partial charge in [-0.2, -0.15) is 5.26 Å². The molecule has 4 nitrogen and oxygen atoms in total. The summed E-state index contributed by atoms with van der Waals surface area (Å²) < 4.78 is 0. The van der Waals surface area contributed by atoms with Gasteiger partial charge in [-0.05, 0) is 18.2 Å². The molecule has 14 heavy (non-hydrogen) atoms. The predicted octanol–water partition coefficient (Wildman–Crippen LogP) is 0.842. The highest BCUT2D eigenvalue weighted by molar-refractivity contribution is 5.96. The van der Waals surface area contributed by atoms with Gasteiger partial charge in [0.15, 0.2) is 0 Å². The largest absolute Gasteiger partial charge is 0.399 e. The molecule has 1 aromatic carbocycles. The van der Waals surface area contributed by atoms with E-state index in [-0.39, 0.29) is 5.91 Å². The number of anilines is 1. The van der Waals surface area contributed by atoms with Gasteiger partial charge in [0.25, 0.3) is 5.91 Å². The maximum Gasteiger partial charge on any atom is 0.254 e. The van der Waals surface area contributed by atoms with Gasteiger partial charge >= 0.3 is 0 Å². The molecule has 72 valence electrons. The van der Waals surface area contributed by atoms with Crippen LogP contribution in [-0.4, -0.2) is 24.9 Å². The molecular formula is C10H11N3O. The van der Waals surface area contributed by atoms with Crippen LogP contribution in [0.1, 0.15) is 15.9 Å². The van der Waals surface area contributed by atoms with Gasteiger partial charge < -0.3 is 10.6 Å². The van der Waals surface area contributed by atoms with Gasteiger partial charge in [0.05, 0.1) is 11.1 Å². The fourth-order valence-electron chi connectivity index (χ4n) is 1.08. The van der Waals surface area contributed by atoms with E-state index in [1.807, 2.05) is 6.07 Å². The molecule has 1 aromatic rings. The summed E-state index contributed by atoms with van der Waals surface area (Å²) in [6.07, 6.45) is 0. The van der Waals surface area contributed by atoms with Crippen molar-refractivity contribution < 1.29 is 4.79 Å². The smallest absolute Gasteiger partial charge is 0.254 e. The average molecular weight is 189 g/mol. The SMILES string of the molecule is CN(C)C(=O)c1ccc(N)cc1C#N. The Bertz CT molecular complexity index is 404. The van der Waals surface area contributed by atoms with Crippen molar-refractivity contribution in [3.8, 4) is 6.07 Å². The van der Waals surface area contributed by atoms with Gasteiger partial charge in [-0.3, -0.25) is 4.79 Å². The molecule has 0 fully saturated rings. The highest BCUT2D eigenvalue weighted by atomic mass is 16.2. The van der Waals surface area contributed by atoms with Gasteiger partial charge in [-0.15, -0.1) is 0 Å². The number of hydrogen-bond acceptors (Lipinski definition) is 3. The summed E-state index contributed by atoms with van der Waals surface area (Å²) in [4.78, 5) is 13.0. The van der Waals surface area contributed by atoms with E-state index in [0.29, 0.717) is 16.8 Å². The molecule has 4 heteroatoms. The fourth-order valence-corrected chi connectivity index (χ4v) is 1.08. The number of rotatable bonds is 1. The molecule has 1 rings (SSSR count). The van der Waals surface area contributed by atoms with E-state index in [2.05, 4.69) is 0 Å². The lowest BCUT2D eigenvalue weighted by molar-refractivity contribution is 0.0827. The first-order valence-electron chi connectivity index (χ1n) is 4.07. The lowest BCUT2D eigenvalue weighted by atomic mass is 10.1. The Morgan fingerprint density at radius 1 is 1.50 bits per heavy atom. The Kier molecular flexibility index (Phi) is 2.73. The maximum atomic E-state index is 11.6. The van der Waals surface area contributed by atoms with Crippen molar-refractivity contribution in [3.05, 3.63) is 29.3 Å². The number of nitriles is 1. The van der Waals surface area contributed by atoms with Crippen LogP contribution >= 0.6 is 0 Å². The van der Waals surface area contributed by atoms with E-state index < -0.39 is 0 Å². The van der Waals surface area contributed by atoms with Crippen molar-refractivity contribution in [2.45, 2.75) is 0 Å². The van der Waals surface area contributed by atoms with Crippen LogP contribution < -0.4 is 5.73 Å². The van der Waals surface area contributed by atoms with Gasteiger partial charge in [-0.1, -0.05) is 0 Å². The number of carbonyl (C=O) groups is 1. The fraction of sp³-hybridized carbons (Fsp3) is 0.200. The predicted molar refractivity (Wildman–Crippen MR) is 53.6 cm³/mol. The van der Waals surface area contributed by atoms with Crippen LogP contribution in [0.25, 0.3) is 0 Å². The Morgan fingerprint density at radius 3 is 2.64 bits per heavy atom. The number of nitrogens with two attached hydrogens (primary N) is 1. The summed E-state index contributed by atoms with van der Waals surface area (Å²) >= 11 is 0. The van der Waals surface area contributed by atoms with Crippen molar-refractivity contribution in [2.24, 2.45) is 0 Å². The van der Waals surface area contributed by atoms with Gasteiger partial charge in [0.1, 0.15) is 6.07 Å². The van der Waals surface area contributed by atoms with E-state index in [1.165, 1.54) is 11.0 Å². The van der Waals surface area contributed by atoms with E-state index in [9.17, 15) is 4.79 Å². The van der Waals surface area contributed by atoms with Crippen molar-refractivity contribution in [1.29, 1.82) is 5.26 Å². The zero-order valence-corrected chi connectivity index (χ0v) is 8.11. The first kappa shape index (κ1) is 10.1. The van der Waals surface area contributed by atoms with Crippen molar-refractivity contribution >= 4 is 11.6 Å². The van der Waals surface area contributed by atoms with Crippen LogP contribution in [-0.2, 0) is 0 Å². The quantitative estimate of drug-likeness (QED) is 0.665. The lowest BCUT2D eigenvalue weighted by Crippen LogP contribution is -2.22. The highest BCUT2D eigenvalue weighted by Crippen LogP contribution is 2.13. The summed E-state index contributed by atoms with van der Waals surface area (Å²) in [5.41, 5.74) is 6.68. The zero-order valence-electron chi connectivity index (χ0n) is 8.11. The molecule has 0 saturated carbocycles. The number of carbonyl (C=O) groups excluding carboxylic acids is 1. The van der Waals surface area contributed by atoms with Crippen LogP contribution in [0.15, 0.2) is 18.2 Å². The number of benzene rings is 1. The number of amides is 1. The molecule has 0 saturated heterocycles. The second-order valence-electron chi connectivity index (χ2n) is 3.12. The molecule has 0 spiro atoms. The Morgan fingerprint density at radius 2 is 2.14 bits per heavy atom. The third kappa shape index (κ3) is 1.83. The van der Waals surface area contributed by atoms with Gasteiger partial charge in [0, 0.05) is 19.8 Å². The minimum Gasteiger partial charge on any atom is -0.399 e. The third-order valence-corrected chi connectivity index (χ3v) is 1.80. The molecule has 0 aliphatic heterocycles.